The van der Waals surface area contributed by atoms with Crippen LogP contribution in [0.25, 0.3) is 10.9 Å². The largest absolute Gasteiger partial charge is 0.396 e. The topological polar surface area (TPSA) is 62.2 Å². The molecule has 0 aliphatic heterocycles. The minimum Gasteiger partial charge on any atom is -0.396 e. The zero-order chi connectivity index (χ0) is 18.4. The molecule has 0 saturated carbocycles. The Balaban J connectivity index is 2.46. The monoisotopic (exact) mass is 344 g/mol. The molecule has 4 nitrogen and oxygen atoms in total. The number of halogens is 1. The second-order valence-corrected chi connectivity index (χ2v) is 6.21. The second-order valence-electron chi connectivity index (χ2n) is 6.21. The van der Waals surface area contributed by atoms with Crippen molar-refractivity contribution in [1.29, 1.82) is 0 Å². The lowest BCUT2D eigenvalue weighted by Crippen LogP contribution is -2.35. The van der Waals surface area contributed by atoms with Crippen molar-refractivity contribution < 1.29 is 14.3 Å². The van der Waals surface area contributed by atoms with E-state index in [4.69, 9.17) is 5.11 Å². The maximum atomic E-state index is 14.2. The van der Waals surface area contributed by atoms with Crippen LogP contribution in [-0.4, -0.2) is 28.6 Å². The average Bonchev–Trinajstić information content (AvgIpc) is 2.61. The van der Waals surface area contributed by atoms with E-state index in [1.807, 2.05) is 32.9 Å². The number of amides is 1. The molecule has 5 heteroatoms. The number of aliphatic hydroxyl groups is 1. The molecule has 134 valence electrons. The van der Waals surface area contributed by atoms with Gasteiger partial charge in [-0.25, -0.2) is 9.37 Å². The fraction of sp³-hybridized carbons (Fsp3) is 0.400. The molecule has 1 aromatic carbocycles. The van der Waals surface area contributed by atoms with Crippen molar-refractivity contribution >= 4 is 16.8 Å². The number of para-hydroxylation sites is 1. The van der Waals surface area contributed by atoms with Crippen molar-refractivity contribution in [2.45, 2.75) is 46.1 Å². The van der Waals surface area contributed by atoms with Crippen LogP contribution in [0.1, 0.15) is 49.7 Å². The maximum Gasteiger partial charge on any atom is 0.270 e. The average molecular weight is 344 g/mol. The van der Waals surface area contributed by atoms with Gasteiger partial charge in [0.1, 0.15) is 17.0 Å². The van der Waals surface area contributed by atoms with Crippen LogP contribution < -0.4 is 5.32 Å². The van der Waals surface area contributed by atoms with Gasteiger partial charge in [-0.1, -0.05) is 30.7 Å². The van der Waals surface area contributed by atoms with Gasteiger partial charge >= 0.3 is 0 Å². The van der Waals surface area contributed by atoms with Crippen LogP contribution >= 0.6 is 0 Å². The lowest BCUT2D eigenvalue weighted by Gasteiger charge is -2.16. The number of aromatic nitrogens is 1. The third-order valence-corrected chi connectivity index (χ3v) is 4.38. The summed E-state index contributed by atoms with van der Waals surface area (Å²) >= 11 is 0. The Morgan fingerprint density at radius 1 is 1.44 bits per heavy atom. The predicted octanol–water partition coefficient (Wildman–Crippen LogP) is 3.77. The lowest BCUT2D eigenvalue weighted by atomic mass is 10.00. The fourth-order valence-electron chi connectivity index (χ4n) is 2.74. The van der Waals surface area contributed by atoms with Crippen LogP contribution in [0.4, 0.5) is 4.39 Å². The maximum absolute atomic E-state index is 14.2. The van der Waals surface area contributed by atoms with Crippen molar-refractivity contribution in [3.63, 3.8) is 0 Å². The quantitative estimate of drug-likeness (QED) is 0.752. The molecule has 25 heavy (non-hydrogen) atoms. The smallest absolute Gasteiger partial charge is 0.270 e. The van der Waals surface area contributed by atoms with Crippen molar-refractivity contribution in [1.82, 2.24) is 10.3 Å². The molecule has 0 aliphatic carbocycles. The van der Waals surface area contributed by atoms with Crippen molar-refractivity contribution in [3.05, 3.63) is 53.0 Å². The number of hydrogen-bond acceptors (Lipinski definition) is 3. The van der Waals surface area contributed by atoms with Gasteiger partial charge in [0, 0.05) is 18.0 Å². The molecule has 0 bridgehead atoms. The number of pyridine rings is 1. The first kappa shape index (κ1) is 19.1. The van der Waals surface area contributed by atoms with Crippen LogP contribution in [-0.2, 0) is 6.42 Å². The summed E-state index contributed by atoms with van der Waals surface area (Å²) in [7, 11) is 0. The molecule has 1 aromatic heterocycles. The summed E-state index contributed by atoms with van der Waals surface area (Å²) in [6.45, 7) is 5.90. The molecule has 0 spiro atoms. The molecular formula is C20H25FN2O2. The number of rotatable bonds is 7. The predicted molar refractivity (Wildman–Crippen MR) is 98.1 cm³/mol. The van der Waals surface area contributed by atoms with E-state index >= 15 is 0 Å². The Hall–Kier alpha value is -2.27. The van der Waals surface area contributed by atoms with Crippen LogP contribution in [0.5, 0.6) is 0 Å². The van der Waals surface area contributed by atoms with Gasteiger partial charge in [-0.2, -0.15) is 0 Å². The zero-order valence-corrected chi connectivity index (χ0v) is 15.0. The van der Waals surface area contributed by atoms with Crippen LogP contribution in [0.2, 0.25) is 0 Å². The Labute approximate surface area is 147 Å². The third kappa shape index (κ3) is 4.63. The summed E-state index contributed by atoms with van der Waals surface area (Å²) in [6, 6.07) is 6.43. The minimum absolute atomic E-state index is 0.00427. The fourth-order valence-corrected chi connectivity index (χ4v) is 2.74. The molecule has 2 aromatic rings. The minimum atomic E-state index is -0.436. The third-order valence-electron chi connectivity index (χ3n) is 4.38. The molecule has 1 amide bonds. The second kappa shape index (κ2) is 8.72. The molecule has 2 rings (SSSR count). The highest BCUT2D eigenvalue weighted by Crippen LogP contribution is 2.23. The number of benzene rings is 1. The summed E-state index contributed by atoms with van der Waals surface area (Å²) in [5.74, 6) is -0.779. The van der Waals surface area contributed by atoms with E-state index in [1.54, 1.807) is 12.1 Å². The van der Waals surface area contributed by atoms with Gasteiger partial charge in [0.25, 0.3) is 5.91 Å². The number of allylic oxidation sites excluding steroid dienone is 2. The highest BCUT2D eigenvalue weighted by atomic mass is 19.1. The van der Waals surface area contributed by atoms with Crippen LogP contribution in [0, 0.1) is 5.82 Å². The lowest BCUT2D eigenvalue weighted by molar-refractivity contribution is 0.0924. The van der Waals surface area contributed by atoms with Gasteiger partial charge in [-0.05, 0) is 50.8 Å². The first-order valence-electron chi connectivity index (χ1n) is 8.61. The van der Waals surface area contributed by atoms with Gasteiger partial charge in [-0.3, -0.25) is 4.79 Å². The van der Waals surface area contributed by atoms with Gasteiger partial charge < -0.3 is 10.4 Å². The zero-order valence-electron chi connectivity index (χ0n) is 15.0. The van der Waals surface area contributed by atoms with Gasteiger partial charge in [-0.15, -0.1) is 0 Å². The number of fused-ring (bicyclic) bond motifs is 1. The first-order valence-corrected chi connectivity index (χ1v) is 8.61. The molecule has 0 fully saturated rings. The number of hydrogen-bond donors (Lipinski definition) is 2. The number of nitrogens with one attached hydrogen (secondary N) is 1. The standard InChI is InChI=1S/C20H25FN2O2/c1-4-13(3)11-14-12-18(20(25)22-15(5-2)9-10-24)23-19-16(14)7-6-8-17(19)21/h4,6-8,12,15,24H,5,9-11H2,1-3H3,(H,22,25)/b13-4+. The highest BCUT2D eigenvalue weighted by molar-refractivity contribution is 5.96. The van der Waals surface area contributed by atoms with Gasteiger partial charge in [0.05, 0.1) is 0 Å². The first-order chi connectivity index (χ1) is 12.0. The molecule has 1 heterocycles. The number of aliphatic hydroxyl groups excluding tert-OH is 1. The van der Waals surface area contributed by atoms with Crippen molar-refractivity contribution in [2.75, 3.05) is 6.61 Å². The number of carbonyl (C=O) groups is 1. The van der Waals surface area contributed by atoms with Crippen molar-refractivity contribution in [2.24, 2.45) is 0 Å². The van der Waals surface area contributed by atoms with E-state index in [9.17, 15) is 9.18 Å². The summed E-state index contributed by atoms with van der Waals surface area (Å²) in [5, 5.41) is 12.7. The summed E-state index contributed by atoms with van der Waals surface area (Å²) in [5.41, 5.74) is 2.42. The normalized spacial score (nSPS) is 13.1. The summed E-state index contributed by atoms with van der Waals surface area (Å²) in [4.78, 5) is 16.8. The van der Waals surface area contributed by atoms with E-state index in [1.165, 1.54) is 6.07 Å². The van der Waals surface area contributed by atoms with Gasteiger partial charge in [0.2, 0.25) is 0 Å². The van der Waals surface area contributed by atoms with Crippen molar-refractivity contribution in [3.8, 4) is 0 Å². The SMILES string of the molecule is C/C=C(\C)Cc1cc(C(=O)NC(CC)CCO)nc2c(F)cccc12. The summed E-state index contributed by atoms with van der Waals surface area (Å²) in [6.07, 6.45) is 3.82. The van der Waals surface area contributed by atoms with E-state index in [2.05, 4.69) is 10.3 Å². The molecular weight excluding hydrogens is 319 g/mol. The van der Waals surface area contributed by atoms with Crippen LogP contribution in [0.3, 0.4) is 0 Å². The van der Waals surface area contributed by atoms with E-state index < -0.39 is 5.82 Å². The van der Waals surface area contributed by atoms with E-state index in [-0.39, 0.29) is 29.8 Å². The van der Waals surface area contributed by atoms with E-state index in [0.717, 1.165) is 16.5 Å². The van der Waals surface area contributed by atoms with Gasteiger partial charge in [0.15, 0.2) is 0 Å². The number of nitrogens with zero attached hydrogens (tertiary/aromatic N) is 1. The highest BCUT2D eigenvalue weighted by Gasteiger charge is 2.17. The van der Waals surface area contributed by atoms with E-state index in [0.29, 0.717) is 19.3 Å². The molecule has 0 aliphatic rings. The molecule has 0 saturated heterocycles. The van der Waals surface area contributed by atoms with Crippen LogP contribution in [0.15, 0.2) is 35.9 Å². The Morgan fingerprint density at radius 3 is 2.84 bits per heavy atom. The molecule has 2 N–H and O–H groups in total. The Bertz CT molecular complexity index is 787. The Kier molecular flexibility index (Phi) is 6.65. The molecule has 1 atom stereocenters. The number of carbonyl (C=O) groups excluding carboxylic acids is 1. The molecule has 0 radical (unpaired) electrons. The Morgan fingerprint density at radius 2 is 2.20 bits per heavy atom. The molecule has 1 unspecified atom stereocenters. The summed E-state index contributed by atoms with van der Waals surface area (Å²) < 4.78 is 14.2.